The van der Waals surface area contributed by atoms with Gasteiger partial charge in [-0.2, -0.15) is 0 Å². The van der Waals surface area contributed by atoms with Crippen molar-refractivity contribution in [3.05, 3.63) is 106 Å². The fourth-order valence-electron chi connectivity index (χ4n) is 5.18. The van der Waals surface area contributed by atoms with Crippen LogP contribution in [0.5, 0.6) is 0 Å². The second kappa shape index (κ2) is 10.4. The number of hydrogen-bond donors (Lipinski definition) is 0. The summed E-state index contributed by atoms with van der Waals surface area (Å²) in [7, 11) is -0.333. The van der Waals surface area contributed by atoms with Gasteiger partial charge in [-0.25, -0.2) is 0 Å². The average molecular weight is 577 g/mol. The molecule has 2 unspecified atom stereocenters. The Morgan fingerprint density at radius 3 is 2.38 bits per heavy atom. The standard InChI is InChI=1S/C15H14P.C9H7S.C3H6.2ClH.Zr/c1-11-8-13-10-12(2)16(15(13)9-11)14-6-4-3-5-7-14;1-10-9-6-5-7-3-2-4-8(7)9;1-3-2;;;/h3-7,9-10,13H,1-2H3;2-3,5-6H,1H3;1-2H3;2*1H;/q;;;;;+2/p-2. The summed E-state index contributed by atoms with van der Waals surface area (Å²) in [5.74, 6) is 0.540. The van der Waals surface area contributed by atoms with E-state index in [1.165, 1.54) is 15.8 Å². The van der Waals surface area contributed by atoms with Gasteiger partial charge in [-0.05, 0) is 0 Å². The van der Waals surface area contributed by atoms with E-state index in [0.717, 1.165) is 0 Å². The molecule has 5 heteroatoms. The summed E-state index contributed by atoms with van der Waals surface area (Å²) in [5.41, 5.74) is 4.54. The molecule has 1 aromatic rings. The molecule has 1 heterocycles. The molecule has 0 radical (unpaired) electrons. The molecule has 0 saturated carbocycles. The maximum absolute atomic E-state index is 2.61. The zero-order valence-electron chi connectivity index (χ0n) is 19.0. The zero-order valence-corrected chi connectivity index (χ0v) is 24.7. The summed E-state index contributed by atoms with van der Waals surface area (Å²) < 4.78 is 5.17. The molecule has 4 aliphatic rings. The second-order valence-electron chi connectivity index (χ2n) is 8.48. The molecule has 5 rings (SSSR count). The average Bonchev–Trinajstić information content (AvgIpc) is 3.45. The van der Waals surface area contributed by atoms with Crippen LogP contribution in [0.1, 0.15) is 27.7 Å². The van der Waals surface area contributed by atoms with Crippen LogP contribution in [-0.2, 0) is 21.3 Å². The van der Waals surface area contributed by atoms with Gasteiger partial charge in [0.1, 0.15) is 0 Å². The van der Waals surface area contributed by atoms with E-state index in [2.05, 4.69) is 101 Å². The molecule has 3 aliphatic carbocycles. The molecule has 0 spiro atoms. The molecule has 0 bridgehead atoms. The third kappa shape index (κ3) is 4.21. The fraction of sp³-hybridized carbons (Fsp3) is 0.222. The molecule has 32 heavy (non-hydrogen) atoms. The molecular formula is C27H27Cl2PSZr. The van der Waals surface area contributed by atoms with Crippen LogP contribution < -0.4 is 30.1 Å². The van der Waals surface area contributed by atoms with Crippen molar-refractivity contribution < 1.29 is 46.1 Å². The van der Waals surface area contributed by atoms with Gasteiger partial charge in [-0.15, -0.1) is 0 Å². The predicted molar refractivity (Wildman–Crippen MR) is 133 cm³/mol. The largest absolute Gasteiger partial charge is 1.00 e. The third-order valence-electron chi connectivity index (χ3n) is 6.36. The summed E-state index contributed by atoms with van der Waals surface area (Å²) >= 11 is -0.257. The van der Waals surface area contributed by atoms with E-state index in [-0.39, 0.29) is 32.7 Å². The van der Waals surface area contributed by atoms with E-state index < -0.39 is 21.3 Å². The summed E-state index contributed by atoms with van der Waals surface area (Å²) in [6.45, 7) is 9.55. The number of thioether (sulfide) groups is 1. The molecule has 0 amide bonds. The molecule has 0 aromatic heterocycles. The van der Waals surface area contributed by atoms with Gasteiger partial charge in [-0.1, -0.05) is 0 Å². The Hall–Kier alpha value is -0.487. The van der Waals surface area contributed by atoms with Gasteiger partial charge < -0.3 is 24.8 Å². The van der Waals surface area contributed by atoms with Crippen LogP contribution in [0.2, 0.25) is 0 Å². The van der Waals surface area contributed by atoms with Crippen molar-refractivity contribution in [3.63, 3.8) is 0 Å². The van der Waals surface area contributed by atoms with Crippen LogP contribution in [-0.4, -0.2) is 9.46 Å². The smallest absolute Gasteiger partial charge is 1.00 e. The van der Waals surface area contributed by atoms with E-state index in [0.29, 0.717) is 5.92 Å². The van der Waals surface area contributed by atoms with Crippen molar-refractivity contribution in [1.29, 1.82) is 0 Å². The molecule has 1 aromatic carbocycles. The Balaban J connectivity index is 0.00000144. The molecular weight excluding hydrogens is 549 g/mol. The van der Waals surface area contributed by atoms with Crippen molar-refractivity contribution in [2.75, 3.05) is 6.26 Å². The first kappa shape index (κ1) is 26.1. The number of halogens is 2. The van der Waals surface area contributed by atoms with Crippen LogP contribution in [0.15, 0.2) is 106 Å². The predicted octanol–water partition coefficient (Wildman–Crippen LogP) is 1.35. The third-order valence-corrected chi connectivity index (χ3v) is 17.6. The van der Waals surface area contributed by atoms with Gasteiger partial charge in [0, 0.05) is 0 Å². The van der Waals surface area contributed by atoms with Gasteiger partial charge in [0.05, 0.1) is 0 Å². The Kier molecular flexibility index (Phi) is 8.50. The minimum absolute atomic E-state index is 0. The number of benzene rings is 1. The SMILES string of the molecule is CSC1=CC=C2C=C[C]([Zr+2]([C]3=C(C)C=C4C3C=C(C)P4c3ccccc3)=[C](C)C)=C21.[Cl-].[Cl-]. The van der Waals surface area contributed by atoms with Gasteiger partial charge in [0.2, 0.25) is 0 Å². The number of hydrogen-bond acceptors (Lipinski definition) is 1. The van der Waals surface area contributed by atoms with Gasteiger partial charge in [0.15, 0.2) is 0 Å². The van der Waals surface area contributed by atoms with E-state index in [1.807, 2.05) is 11.8 Å². The maximum atomic E-state index is 2.61. The molecule has 2 atom stereocenters. The Bertz CT molecular complexity index is 1210. The first-order valence-corrected chi connectivity index (χ1v) is 16.8. The molecule has 0 N–H and O–H groups in total. The number of rotatable bonds is 4. The number of fused-ring (bicyclic) bond motifs is 2. The van der Waals surface area contributed by atoms with Crippen LogP contribution in [0, 0.1) is 5.92 Å². The summed E-state index contributed by atoms with van der Waals surface area (Å²) in [5, 5.41) is 4.76. The van der Waals surface area contributed by atoms with Crippen LogP contribution in [0.3, 0.4) is 0 Å². The van der Waals surface area contributed by atoms with Crippen LogP contribution >= 0.6 is 19.7 Å². The minimum atomic E-state index is -2.16. The quantitative estimate of drug-likeness (QED) is 0.488. The van der Waals surface area contributed by atoms with Crippen molar-refractivity contribution in [2.24, 2.45) is 5.92 Å². The van der Waals surface area contributed by atoms with E-state index in [1.54, 1.807) is 31.5 Å². The summed E-state index contributed by atoms with van der Waals surface area (Å²) in [6.07, 6.45) is 16.8. The monoisotopic (exact) mass is 574 g/mol. The van der Waals surface area contributed by atoms with Crippen LogP contribution in [0.25, 0.3) is 0 Å². The summed E-state index contributed by atoms with van der Waals surface area (Å²) in [4.78, 5) is 1.46. The molecule has 0 fully saturated rings. The molecule has 0 saturated heterocycles. The maximum Gasteiger partial charge on any atom is -1.00 e. The van der Waals surface area contributed by atoms with E-state index >= 15 is 0 Å². The van der Waals surface area contributed by atoms with Crippen LogP contribution in [0.4, 0.5) is 0 Å². The first-order valence-electron chi connectivity index (χ1n) is 10.5. The van der Waals surface area contributed by atoms with Gasteiger partial charge in [0.25, 0.3) is 0 Å². The normalized spacial score (nSPS) is 22.2. The molecule has 0 nitrogen and oxygen atoms in total. The molecule has 164 valence electrons. The van der Waals surface area contributed by atoms with Gasteiger partial charge >= 0.3 is 195 Å². The van der Waals surface area contributed by atoms with Crippen molar-refractivity contribution in [1.82, 2.24) is 0 Å². The first-order chi connectivity index (χ1) is 14.5. The number of allylic oxidation sites excluding steroid dienone is 13. The molecule has 1 aliphatic heterocycles. The van der Waals surface area contributed by atoms with E-state index in [4.69, 9.17) is 0 Å². The second-order valence-corrected chi connectivity index (χ2v) is 18.7. The summed E-state index contributed by atoms with van der Waals surface area (Å²) in [6, 6.07) is 11.2. The topological polar surface area (TPSA) is 0 Å². The van der Waals surface area contributed by atoms with E-state index in [9.17, 15) is 0 Å². The fourth-order valence-corrected chi connectivity index (χ4v) is 16.8. The Morgan fingerprint density at radius 1 is 1.00 bits per heavy atom. The Labute approximate surface area is 218 Å². The van der Waals surface area contributed by atoms with Crippen molar-refractivity contribution >= 4 is 28.2 Å². The minimum Gasteiger partial charge on any atom is -1.00 e. The van der Waals surface area contributed by atoms with Gasteiger partial charge in [-0.3, -0.25) is 0 Å². The Morgan fingerprint density at radius 2 is 1.72 bits per heavy atom. The van der Waals surface area contributed by atoms with Crippen molar-refractivity contribution in [3.8, 4) is 0 Å². The zero-order chi connectivity index (χ0) is 21.0. The van der Waals surface area contributed by atoms with Crippen molar-refractivity contribution in [2.45, 2.75) is 27.7 Å².